The molecular weight excluding hydrogens is 280 g/mol. The Balaban J connectivity index is 1.64. The molecule has 2 heterocycles. The molecule has 2 aliphatic rings. The Hall–Kier alpha value is -1.88. The van der Waals surface area contributed by atoms with Crippen LogP contribution in [0.25, 0.3) is 0 Å². The Morgan fingerprint density at radius 3 is 2.45 bits per heavy atom. The van der Waals surface area contributed by atoms with Gasteiger partial charge in [-0.1, -0.05) is 18.2 Å². The van der Waals surface area contributed by atoms with Gasteiger partial charge in [-0.05, 0) is 31.4 Å². The van der Waals surface area contributed by atoms with Crippen LogP contribution in [0.5, 0.6) is 0 Å². The van der Waals surface area contributed by atoms with Crippen LogP contribution in [0.15, 0.2) is 30.3 Å². The van der Waals surface area contributed by atoms with E-state index in [0.29, 0.717) is 38.2 Å². The highest BCUT2D eigenvalue weighted by atomic mass is 16.3. The molecule has 2 fully saturated rings. The fraction of sp³-hybridized carbons (Fsp3) is 0.529. The zero-order valence-electron chi connectivity index (χ0n) is 12.6. The van der Waals surface area contributed by atoms with Gasteiger partial charge in [0.25, 0.3) is 5.91 Å². The number of aliphatic hydroxyl groups excluding tert-OH is 1. The quantitative estimate of drug-likeness (QED) is 0.891. The van der Waals surface area contributed by atoms with E-state index >= 15 is 0 Å². The summed E-state index contributed by atoms with van der Waals surface area (Å²) >= 11 is 0. The van der Waals surface area contributed by atoms with Gasteiger partial charge in [0.05, 0.1) is 12.0 Å². The second-order valence-electron chi connectivity index (χ2n) is 6.18. The molecule has 5 heteroatoms. The summed E-state index contributed by atoms with van der Waals surface area (Å²) in [6, 6.07) is 9.21. The van der Waals surface area contributed by atoms with Crippen LogP contribution in [0.1, 0.15) is 29.6 Å². The van der Waals surface area contributed by atoms with Gasteiger partial charge in [0.15, 0.2) is 0 Å². The summed E-state index contributed by atoms with van der Waals surface area (Å²) in [7, 11) is 0. The summed E-state index contributed by atoms with van der Waals surface area (Å²) in [6.07, 6.45) is 1.94. The molecule has 0 bridgehead atoms. The van der Waals surface area contributed by atoms with Crippen LogP contribution in [0.2, 0.25) is 0 Å². The van der Waals surface area contributed by atoms with Gasteiger partial charge in [0.2, 0.25) is 5.91 Å². The second kappa shape index (κ2) is 6.48. The predicted octanol–water partition coefficient (Wildman–Crippen LogP) is 1.13. The van der Waals surface area contributed by atoms with E-state index < -0.39 is 6.10 Å². The van der Waals surface area contributed by atoms with Gasteiger partial charge < -0.3 is 14.9 Å². The molecule has 2 unspecified atom stereocenters. The third-order valence-corrected chi connectivity index (χ3v) is 4.55. The zero-order valence-corrected chi connectivity index (χ0v) is 12.6. The van der Waals surface area contributed by atoms with E-state index in [1.165, 1.54) is 0 Å². The van der Waals surface area contributed by atoms with Crippen molar-refractivity contribution >= 4 is 11.8 Å². The molecule has 0 saturated carbocycles. The van der Waals surface area contributed by atoms with Gasteiger partial charge in [-0.25, -0.2) is 0 Å². The van der Waals surface area contributed by atoms with Crippen LogP contribution in [0.4, 0.5) is 0 Å². The number of aliphatic hydroxyl groups is 1. The van der Waals surface area contributed by atoms with Gasteiger partial charge >= 0.3 is 0 Å². The summed E-state index contributed by atoms with van der Waals surface area (Å²) in [6.45, 7) is 2.25. The van der Waals surface area contributed by atoms with Crippen LogP contribution >= 0.6 is 0 Å². The number of benzene rings is 1. The van der Waals surface area contributed by atoms with Crippen LogP contribution in [0, 0.1) is 5.92 Å². The molecule has 1 aromatic rings. The van der Waals surface area contributed by atoms with Crippen molar-refractivity contribution in [2.24, 2.45) is 5.92 Å². The molecule has 0 spiro atoms. The van der Waals surface area contributed by atoms with Crippen LogP contribution in [-0.2, 0) is 4.79 Å². The van der Waals surface area contributed by atoms with Gasteiger partial charge in [-0.2, -0.15) is 0 Å². The fourth-order valence-corrected chi connectivity index (χ4v) is 3.33. The summed E-state index contributed by atoms with van der Waals surface area (Å²) in [5.41, 5.74) is 0.673. The zero-order chi connectivity index (χ0) is 15.5. The van der Waals surface area contributed by atoms with Crippen molar-refractivity contribution in [3.8, 4) is 0 Å². The average molecular weight is 302 g/mol. The summed E-state index contributed by atoms with van der Waals surface area (Å²) in [5, 5.41) is 9.58. The maximum atomic E-state index is 12.5. The minimum absolute atomic E-state index is 0.000410. The smallest absolute Gasteiger partial charge is 0.253 e. The normalized spacial score (nSPS) is 25.3. The summed E-state index contributed by atoms with van der Waals surface area (Å²) in [4.78, 5) is 28.6. The van der Waals surface area contributed by atoms with Crippen LogP contribution in [0.3, 0.4) is 0 Å². The highest BCUT2D eigenvalue weighted by Crippen LogP contribution is 2.22. The van der Waals surface area contributed by atoms with E-state index in [-0.39, 0.29) is 17.7 Å². The maximum Gasteiger partial charge on any atom is 0.253 e. The molecule has 1 N–H and O–H groups in total. The molecule has 0 aliphatic carbocycles. The number of nitrogens with zero attached hydrogens (tertiary/aromatic N) is 2. The first-order valence-electron chi connectivity index (χ1n) is 7.96. The molecule has 1 aromatic carbocycles. The number of carbonyl (C=O) groups excluding carboxylic acids is 2. The minimum atomic E-state index is -0.394. The first kappa shape index (κ1) is 15.0. The lowest BCUT2D eigenvalue weighted by molar-refractivity contribution is -0.136. The lowest BCUT2D eigenvalue weighted by Gasteiger charge is -2.34. The van der Waals surface area contributed by atoms with Crippen molar-refractivity contribution in [2.45, 2.75) is 25.4 Å². The topological polar surface area (TPSA) is 60.9 Å². The maximum absolute atomic E-state index is 12.5. The molecule has 22 heavy (non-hydrogen) atoms. The monoisotopic (exact) mass is 302 g/mol. The number of rotatable bonds is 2. The first-order chi connectivity index (χ1) is 10.6. The third-order valence-electron chi connectivity index (χ3n) is 4.55. The Morgan fingerprint density at radius 1 is 1.00 bits per heavy atom. The highest BCUT2D eigenvalue weighted by molar-refractivity contribution is 5.94. The van der Waals surface area contributed by atoms with Crippen LogP contribution < -0.4 is 0 Å². The number of carbonyl (C=O) groups is 2. The molecule has 2 saturated heterocycles. The Morgan fingerprint density at radius 2 is 1.77 bits per heavy atom. The molecule has 2 amide bonds. The minimum Gasteiger partial charge on any atom is -0.391 e. The number of likely N-dealkylation sites (tertiary alicyclic amines) is 2. The molecule has 2 aliphatic heterocycles. The number of hydrogen-bond donors (Lipinski definition) is 1. The molecular formula is C17H22N2O3. The summed E-state index contributed by atoms with van der Waals surface area (Å²) < 4.78 is 0. The molecule has 2 atom stereocenters. The molecule has 0 radical (unpaired) electrons. The van der Waals surface area contributed by atoms with Crippen molar-refractivity contribution in [3.63, 3.8) is 0 Å². The standard InChI is InChI=1S/C17H22N2O3/c20-15-8-10-19(12-15)17(22)14-7-4-9-18(11-14)16(21)13-5-2-1-3-6-13/h1-3,5-6,14-15,20H,4,7-12H2. The SMILES string of the molecule is O=C(c1ccccc1)N1CCCC(C(=O)N2CCC(O)C2)C1. The number of hydrogen-bond acceptors (Lipinski definition) is 3. The van der Waals surface area contributed by atoms with E-state index in [4.69, 9.17) is 0 Å². The number of β-amino-alcohol motifs (C(OH)–C–C–N with tert-alkyl or cyclic N) is 1. The molecule has 118 valence electrons. The Bertz CT molecular complexity index is 546. The van der Waals surface area contributed by atoms with Crippen molar-refractivity contribution < 1.29 is 14.7 Å². The highest BCUT2D eigenvalue weighted by Gasteiger charge is 2.34. The average Bonchev–Trinajstić information content (AvgIpc) is 3.01. The number of amides is 2. The van der Waals surface area contributed by atoms with Crippen molar-refractivity contribution in [2.75, 3.05) is 26.2 Å². The van der Waals surface area contributed by atoms with Crippen molar-refractivity contribution in [3.05, 3.63) is 35.9 Å². The van der Waals surface area contributed by atoms with Crippen molar-refractivity contribution in [1.29, 1.82) is 0 Å². The van der Waals surface area contributed by atoms with E-state index in [2.05, 4.69) is 0 Å². The molecule has 0 aromatic heterocycles. The van der Waals surface area contributed by atoms with Crippen molar-refractivity contribution in [1.82, 2.24) is 9.80 Å². The van der Waals surface area contributed by atoms with Gasteiger partial charge in [0.1, 0.15) is 0 Å². The lowest BCUT2D eigenvalue weighted by Crippen LogP contribution is -2.46. The van der Waals surface area contributed by atoms with E-state index in [9.17, 15) is 14.7 Å². The lowest BCUT2D eigenvalue weighted by atomic mass is 9.96. The Kier molecular flexibility index (Phi) is 4.43. The molecule has 5 nitrogen and oxygen atoms in total. The molecule has 3 rings (SSSR count). The largest absolute Gasteiger partial charge is 0.391 e. The summed E-state index contributed by atoms with van der Waals surface area (Å²) in [5.74, 6) is -0.0478. The number of piperidine rings is 1. The van der Waals surface area contributed by atoms with E-state index in [1.54, 1.807) is 9.80 Å². The van der Waals surface area contributed by atoms with Gasteiger partial charge in [-0.15, -0.1) is 0 Å². The van der Waals surface area contributed by atoms with Crippen LogP contribution in [-0.4, -0.2) is 59.0 Å². The van der Waals surface area contributed by atoms with Gasteiger partial charge in [0, 0.05) is 31.7 Å². The third kappa shape index (κ3) is 3.14. The Labute approximate surface area is 130 Å². The first-order valence-corrected chi connectivity index (χ1v) is 7.96. The second-order valence-corrected chi connectivity index (χ2v) is 6.18. The van der Waals surface area contributed by atoms with E-state index in [0.717, 1.165) is 12.8 Å². The fourth-order valence-electron chi connectivity index (χ4n) is 3.33. The predicted molar refractivity (Wildman–Crippen MR) is 82.3 cm³/mol. The van der Waals surface area contributed by atoms with E-state index in [1.807, 2.05) is 30.3 Å². The van der Waals surface area contributed by atoms with Gasteiger partial charge in [-0.3, -0.25) is 9.59 Å².